The molecule has 1 unspecified atom stereocenters. The molecule has 2 rings (SSSR count). The summed E-state index contributed by atoms with van der Waals surface area (Å²) < 4.78 is 0. The van der Waals surface area contributed by atoms with Crippen LogP contribution in [0.15, 0.2) is 24.3 Å². The zero-order valence-corrected chi connectivity index (χ0v) is 9.79. The van der Waals surface area contributed by atoms with Gasteiger partial charge in [0.15, 0.2) is 5.82 Å². The Balaban J connectivity index is 1.95. The van der Waals surface area contributed by atoms with Gasteiger partial charge in [0.25, 0.3) is 0 Å². The molecule has 0 spiro atoms. The van der Waals surface area contributed by atoms with Crippen molar-refractivity contribution in [2.24, 2.45) is 0 Å². The molecule has 0 aliphatic carbocycles. The molecule has 1 atom stereocenters. The molecule has 0 bridgehead atoms. The number of carbonyl (C=O) groups excluding carboxylic acids is 1. The Morgan fingerprint density at radius 3 is 2.94 bits per heavy atom. The highest BCUT2D eigenvalue weighted by atomic mass is 16.3. The van der Waals surface area contributed by atoms with Gasteiger partial charge in [0.05, 0.1) is 12.5 Å². The molecule has 2 aromatic rings. The predicted molar refractivity (Wildman–Crippen MR) is 62.5 cm³/mol. The molecular formula is C11H13N5O2. The Bertz CT molecular complexity index is 526. The summed E-state index contributed by atoms with van der Waals surface area (Å²) in [4.78, 5) is 11.8. The van der Waals surface area contributed by atoms with E-state index in [1.807, 2.05) is 0 Å². The van der Waals surface area contributed by atoms with E-state index in [1.54, 1.807) is 31.2 Å². The number of rotatable bonds is 4. The highest BCUT2D eigenvalue weighted by Crippen LogP contribution is 2.16. The molecule has 18 heavy (non-hydrogen) atoms. The van der Waals surface area contributed by atoms with Gasteiger partial charge in [0, 0.05) is 5.56 Å². The van der Waals surface area contributed by atoms with Crippen LogP contribution in [0.4, 0.5) is 0 Å². The van der Waals surface area contributed by atoms with E-state index >= 15 is 0 Å². The predicted octanol–water partition coefficient (Wildman–Crippen LogP) is 0.325. The molecule has 0 radical (unpaired) electrons. The van der Waals surface area contributed by atoms with Crippen molar-refractivity contribution >= 4 is 5.91 Å². The van der Waals surface area contributed by atoms with Crippen LogP contribution < -0.4 is 5.32 Å². The number of amides is 1. The van der Waals surface area contributed by atoms with E-state index in [1.165, 1.54) is 0 Å². The minimum absolute atomic E-state index is 0.106. The molecule has 0 saturated carbocycles. The monoisotopic (exact) mass is 247 g/mol. The third-order valence-corrected chi connectivity index (χ3v) is 2.47. The van der Waals surface area contributed by atoms with Crippen LogP contribution in [0.25, 0.3) is 0 Å². The van der Waals surface area contributed by atoms with E-state index in [0.717, 1.165) is 0 Å². The lowest BCUT2D eigenvalue weighted by Gasteiger charge is -2.10. The number of aromatic hydroxyl groups is 1. The molecule has 1 amide bonds. The quantitative estimate of drug-likeness (QED) is 0.722. The lowest BCUT2D eigenvalue weighted by atomic mass is 10.1. The Hall–Kier alpha value is -2.44. The first-order chi connectivity index (χ1) is 8.66. The fraction of sp³-hybridized carbons (Fsp3) is 0.273. The van der Waals surface area contributed by atoms with E-state index in [4.69, 9.17) is 0 Å². The summed E-state index contributed by atoms with van der Waals surface area (Å²) in [5.41, 5.74) is 0.579. The summed E-state index contributed by atoms with van der Waals surface area (Å²) in [6.07, 6.45) is 0.106. The van der Waals surface area contributed by atoms with Gasteiger partial charge in [-0.2, -0.15) is 5.21 Å². The van der Waals surface area contributed by atoms with E-state index in [9.17, 15) is 9.90 Å². The van der Waals surface area contributed by atoms with Crippen LogP contribution in [0.3, 0.4) is 0 Å². The Kier molecular flexibility index (Phi) is 3.52. The first kappa shape index (κ1) is 12.0. The fourth-order valence-electron chi connectivity index (χ4n) is 1.54. The normalized spacial score (nSPS) is 12.1. The van der Waals surface area contributed by atoms with E-state index < -0.39 is 0 Å². The van der Waals surface area contributed by atoms with Crippen molar-refractivity contribution in [3.8, 4) is 5.75 Å². The summed E-state index contributed by atoms with van der Waals surface area (Å²) in [5, 5.41) is 25.6. The van der Waals surface area contributed by atoms with Crippen molar-refractivity contribution in [2.75, 3.05) is 0 Å². The molecule has 1 aromatic heterocycles. The molecule has 7 heteroatoms. The van der Waals surface area contributed by atoms with Gasteiger partial charge in [-0.05, 0) is 13.0 Å². The Labute approximate surface area is 103 Å². The van der Waals surface area contributed by atoms with Crippen molar-refractivity contribution in [3.05, 3.63) is 35.7 Å². The van der Waals surface area contributed by atoms with Crippen LogP contribution in [0.2, 0.25) is 0 Å². The first-order valence-corrected chi connectivity index (χ1v) is 5.46. The van der Waals surface area contributed by atoms with Gasteiger partial charge in [0.2, 0.25) is 5.91 Å². The number of carbonyl (C=O) groups is 1. The van der Waals surface area contributed by atoms with Crippen molar-refractivity contribution in [1.82, 2.24) is 25.9 Å². The maximum absolute atomic E-state index is 11.8. The maximum atomic E-state index is 11.8. The van der Waals surface area contributed by atoms with Gasteiger partial charge < -0.3 is 10.4 Å². The number of benzene rings is 1. The third-order valence-electron chi connectivity index (χ3n) is 2.47. The summed E-state index contributed by atoms with van der Waals surface area (Å²) in [6.45, 7) is 1.76. The van der Waals surface area contributed by atoms with Gasteiger partial charge in [-0.25, -0.2) is 0 Å². The minimum Gasteiger partial charge on any atom is -0.508 e. The lowest BCUT2D eigenvalue weighted by Crippen LogP contribution is -2.28. The summed E-state index contributed by atoms with van der Waals surface area (Å²) in [5.74, 6) is 0.314. The van der Waals surface area contributed by atoms with Crippen molar-refractivity contribution in [3.63, 3.8) is 0 Å². The second-order valence-electron chi connectivity index (χ2n) is 3.86. The number of phenols is 1. The SMILES string of the molecule is CC(NC(=O)Cc1ccccc1O)c1nn[nH]n1. The average molecular weight is 247 g/mol. The van der Waals surface area contributed by atoms with Crippen LogP contribution in [0, 0.1) is 0 Å². The number of hydrogen-bond acceptors (Lipinski definition) is 5. The fourth-order valence-corrected chi connectivity index (χ4v) is 1.54. The Morgan fingerprint density at radius 1 is 1.50 bits per heavy atom. The topological polar surface area (TPSA) is 104 Å². The first-order valence-electron chi connectivity index (χ1n) is 5.46. The highest BCUT2D eigenvalue weighted by Gasteiger charge is 2.14. The van der Waals surface area contributed by atoms with Crippen molar-refractivity contribution < 1.29 is 9.90 Å². The van der Waals surface area contributed by atoms with Gasteiger partial charge in [-0.3, -0.25) is 4.79 Å². The van der Waals surface area contributed by atoms with Crippen LogP contribution in [-0.4, -0.2) is 31.6 Å². The second kappa shape index (κ2) is 5.26. The summed E-state index contributed by atoms with van der Waals surface area (Å²) in [7, 11) is 0. The second-order valence-corrected chi connectivity index (χ2v) is 3.86. The molecule has 1 aromatic carbocycles. The van der Waals surface area contributed by atoms with E-state index in [0.29, 0.717) is 11.4 Å². The van der Waals surface area contributed by atoms with Crippen LogP contribution in [0.5, 0.6) is 5.75 Å². The van der Waals surface area contributed by atoms with E-state index in [2.05, 4.69) is 25.9 Å². The third kappa shape index (κ3) is 2.82. The van der Waals surface area contributed by atoms with Gasteiger partial charge in [-0.15, -0.1) is 10.2 Å². The smallest absolute Gasteiger partial charge is 0.225 e. The number of aromatic nitrogens is 4. The molecule has 1 heterocycles. The molecule has 7 nitrogen and oxygen atoms in total. The highest BCUT2D eigenvalue weighted by molar-refractivity contribution is 5.79. The minimum atomic E-state index is -0.331. The van der Waals surface area contributed by atoms with Crippen molar-refractivity contribution in [2.45, 2.75) is 19.4 Å². The number of nitrogens with zero attached hydrogens (tertiary/aromatic N) is 3. The molecule has 0 aliphatic heterocycles. The number of tetrazole rings is 1. The summed E-state index contributed by atoms with van der Waals surface area (Å²) >= 11 is 0. The van der Waals surface area contributed by atoms with Crippen molar-refractivity contribution in [1.29, 1.82) is 0 Å². The van der Waals surface area contributed by atoms with Gasteiger partial charge in [0.1, 0.15) is 5.75 Å². The van der Waals surface area contributed by atoms with Gasteiger partial charge >= 0.3 is 0 Å². The summed E-state index contributed by atoms with van der Waals surface area (Å²) in [6, 6.07) is 6.39. The number of aromatic amines is 1. The van der Waals surface area contributed by atoms with Crippen LogP contribution in [0.1, 0.15) is 24.4 Å². The zero-order chi connectivity index (χ0) is 13.0. The number of para-hydroxylation sites is 1. The molecular weight excluding hydrogens is 234 g/mol. The largest absolute Gasteiger partial charge is 0.508 e. The van der Waals surface area contributed by atoms with Crippen LogP contribution in [-0.2, 0) is 11.2 Å². The molecule has 0 aliphatic rings. The average Bonchev–Trinajstić information content (AvgIpc) is 2.85. The number of hydrogen-bond donors (Lipinski definition) is 3. The number of nitrogens with one attached hydrogen (secondary N) is 2. The zero-order valence-electron chi connectivity index (χ0n) is 9.79. The maximum Gasteiger partial charge on any atom is 0.225 e. The molecule has 94 valence electrons. The number of H-pyrrole nitrogens is 1. The standard InChI is InChI=1S/C11H13N5O2/c1-7(11-13-15-16-14-11)12-10(18)6-8-4-2-3-5-9(8)17/h2-5,7,17H,6H2,1H3,(H,12,18)(H,13,14,15,16). The van der Waals surface area contributed by atoms with E-state index in [-0.39, 0.29) is 24.1 Å². The number of phenolic OH excluding ortho intramolecular Hbond substituents is 1. The molecule has 0 saturated heterocycles. The molecule has 3 N–H and O–H groups in total. The lowest BCUT2D eigenvalue weighted by molar-refractivity contribution is -0.121. The van der Waals surface area contributed by atoms with Crippen LogP contribution >= 0.6 is 0 Å². The molecule has 0 fully saturated rings. The Morgan fingerprint density at radius 2 is 2.28 bits per heavy atom. The van der Waals surface area contributed by atoms with Gasteiger partial charge in [-0.1, -0.05) is 23.4 Å².